The Morgan fingerprint density at radius 2 is 1.86 bits per heavy atom. The molecule has 0 spiro atoms. The molecule has 0 heterocycles. The maximum atomic E-state index is 15.0. The number of ether oxygens (including phenoxy) is 3. The molecule has 1 rings (SSSR count). The summed E-state index contributed by atoms with van der Waals surface area (Å²) in [6.07, 6.45) is 0.113. The summed E-state index contributed by atoms with van der Waals surface area (Å²) in [5, 5.41) is 10.2. The third-order valence-corrected chi connectivity index (χ3v) is 6.29. The van der Waals surface area contributed by atoms with Gasteiger partial charge >= 0.3 is 6.09 Å². The van der Waals surface area contributed by atoms with E-state index in [0.717, 1.165) is 4.47 Å². The number of hydrogen-bond acceptors (Lipinski definition) is 6. The number of hydrogen-bond donors (Lipinski definition) is 1. The number of rotatable bonds is 11. The number of carbonyl (C=O) groups is 1. The van der Waals surface area contributed by atoms with Crippen LogP contribution in [0.3, 0.4) is 0 Å². The molecule has 1 amide bonds. The van der Waals surface area contributed by atoms with Gasteiger partial charge in [0.15, 0.2) is 0 Å². The van der Waals surface area contributed by atoms with Crippen LogP contribution in [0.4, 0.5) is 9.18 Å². The zero-order valence-corrected chi connectivity index (χ0v) is 25.7. The van der Waals surface area contributed by atoms with Crippen molar-refractivity contribution in [3.05, 3.63) is 34.1 Å². The maximum Gasteiger partial charge on any atom is 0.417 e. The van der Waals surface area contributed by atoms with Crippen LogP contribution in [0.5, 0.6) is 0 Å². The van der Waals surface area contributed by atoms with E-state index in [1.807, 2.05) is 50.3 Å². The van der Waals surface area contributed by atoms with E-state index in [2.05, 4.69) is 15.9 Å². The molecule has 0 aliphatic heterocycles. The van der Waals surface area contributed by atoms with Crippen molar-refractivity contribution in [2.75, 3.05) is 27.1 Å². The lowest BCUT2D eigenvalue weighted by atomic mass is 9.84. The Morgan fingerprint density at radius 1 is 1.23 bits per heavy atom. The van der Waals surface area contributed by atoms with Crippen LogP contribution in [0.15, 0.2) is 27.7 Å². The Kier molecular flexibility index (Phi) is 12.6. The zero-order valence-electron chi connectivity index (χ0n) is 22.0. The van der Waals surface area contributed by atoms with Gasteiger partial charge in [-0.05, 0) is 58.7 Å². The number of nitrogens with zero attached hydrogens (tertiary/aromatic N) is 2. The molecule has 1 N–H and O–H groups in total. The van der Waals surface area contributed by atoms with Gasteiger partial charge in [-0.25, -0.2) is 14.1 Å². The SMILES string of the molecule is CCC(C)(/N=C(/N(COCCOC)C(=O)OC(C)(C)C)C(C)(C)C[C@@H](O)I)c1cc(Br)ccc1F. The average molecular weight is 673 g/mol. The first kappa shape index (κ1) is 32.2. The fraction of sp³-hybridized carbons (Fsp3) is 0.680. The van der Waals surface area contributed by atoms with Gasteiger partial charge in [0.2, 0.25) is 0 Å². The molecule has 35 heavy (non-hydrogen) atoms. The number of benzene rings is 1. The van der Waals surface area contributed by atoms with Gasteiger partial charge in [-0.3, -0.25) is 4.99 Å². The summed E-state index contributed by atoms with van der Waals surface area (Å²) in [7, 11) is 1.56. The average Bonchev–Trinajstić information content (AvgIpc) is 2.71. The highest BCUT2D eigenvalue weighted by molar-refractivity contribution is 14.1. The summed E-state index contributed by atoms with van der Waals surface area (Å²) in [5.41, 5.74) is -2.17. The van der Waals surface area contributed by atoms with Gasteiger partial charge in [0, 0.05) is 22.6 Å². The van der Waals surface area contributed by atoms with Crippen molar-refractivity contribution in [2.45, 2.75) is 76.6 Å². The molecule has 10 heteroatoms. The molecule has 200 valence electrons. The van der Waals surface area contributed by atoms with Gasteiger partial charge in [-0.1, -0.05) is 59.3 Å². The fourth-order valence-corrected chi connectivity index (χ4v) is 4.84. The molecule has 0 aromatic heterocycles. The second-order valence-corrected chi connectivity index (χ2v) is 12.5. The van der Waals surface area contributed by atoms with Crippen molar-refractivity contribution >= 4 is 50.4 Å². The van der Waals surface area contributed by atoms with Crippen LogP contribution in [0.2, 0.25) is 0 Å². The topological polar surface area (TPSA) is 80.6 Å². The number of alkyl halides is 1. The van der Waals surface area contributed by atoms with Crippen molar-refractivity contribution < 1.29 is 28.5 Å². The molecule has 0 bridgehead atoms. The number of carbonyl (C=O) groups excluding carboxylic acids is 1. The summed E-state index contributed by atoms with van der Waals surface area (Å²) in [4.78, 5) is 19.8. The first-order chi connectivity index (χ1) is 16.1. The van der Waals surface area contributed by atoms with Gasteiger partial charge in [0.05, 0.1) is 18.8 Å². The number of amidine groups is 1. The van der Waals surface area contributed by atoms with Crippen LogP contribution in [-0.2, 0) is 19.7 Å². The molecule has 0 saturated heterocycles. The first-order valence-corrected chi connectivity index (χ1v) is 13.6. The Balaban J connectivity index is 3.75. The number of aliphatic hydroxyl groups excluding tert-OH is 1. The maximum absolute atomic E-state index is 15.0. The van der Waals surface area contributed by atoms with E-state index in [9.17, 15) is 9.90 Å². The summed E-state index contributed by atoms with van der Waals surface area (Å²) in [5.74, 6) is -0.0591. The highest BCUT2D eigenvalue weighted by atomic mass is 127. The molecule has 0 aliphatic carbocycles. The Bertz CT molecular complexity index is 876. The normalized spacial score (nSPS) is 15.5. The van der Waals surface area contributed by atoms with Crippen molar-refractivity contribution in [1.29, 1.82) is 0 Å². The van der Waals surface area contributed by atoms with Crippen molar-refractivity contribution in [3.63, 3.8) is 0 Å². The van der Waals surface area contributed by atoms with Gasteiger partial charge in [0.1, 0.15) is 28.1 Å². The Morgan fingerprint density at radius 3 is 2.37 bits per heavy atom. The summed E-state index contributed by atoms with van der Waals surface area (Å²) in [6.45, 7) is 13.3. The molecule has 0 radical (unpaired) electrons. The third kappa shape index (κ3) is 10.2. The first-order valence-electron chi connectivity index (χ1n) is 11.5. The zero-order chi connectivity index (χ0) is 27.0. The van der Waals surface area contributed by atoms with Gasteiger partial charge in [0.25, 0.3) is 0 Å². The van der Waals surface area contributed by atoms with E-state index in [4.69, 9.17) is 19.2 Å². The van der Waals surface area contributed by atoms with Crippen LogP contribution < -0.4 is 0 Å². The lowest BCUT2D eigenvalue weighted by Gasteiger charge is -2.38. The fourth-order valence-electron chi connectivity index (χ4n) is 3.38. The van der Waals surface area contributed by atoms with Crippen LogP contribution >= 0.6 is 38.5 Å². The molecule has 0 aliphatic rings. The van der Waals surface area contributed by atoms with E-state index < -0.39 is 32.6 Å². The molecule has 2 atom stereocenters. The van der Waals surface area contributed by atoms with Crippen LogP contribution in [0, 0.1) is 11.2 Å². The molecular weight excluding hydrogens is 634 g/mol. The van der Waals surface area contributed by atoms with E-state index in [1.165, 1.54) is 11.0 Å². The van der Waals surface area contributed by atoms with Gasteiger partial charge < -0.3 is 19.3 Å². The van der Waals surface area contributed by atoms with Gasteiger partial charge in [-0.15, -0.1) is 0 Å². The minimum Gasteiger partial charge on any atom is -0.443 e. The Labute approximate surface area is 231 Å². The highest BCUT2D eigenvalue weighted by Crippen LogP contribution is 2.37. The predicted molar refractivity (Wildman–Crippen MR) is 148 cm³/mol. The molecule has 1 unspecified atom stereocenters. The standard InChI is InChI=1S/C25H39BrFIN2O5/c1-9-25(7,18-14-17(26)10-11-19(18)27)29-21(24(5,6)15-20(28)31)30(16-34-13-12-33-8)22(32)35-23(2,3)4/h10-11,14,20,31H,9,12-13,15-16H2,1-8H3/b29-21+/t20-,25?/m1/s1. The summed E-state index contributed by atoms with van der Waals surface area (Å²) < 4.78 is 31.5. The smallest absolute Gasteiger partial charge is 0.417 e. The van der Waals surface area contributed by atoms with E-state index >= 15 is 4.39 Å². The van der Waals surface area contributed by atoms with Crippen molar-refractivity contribution in [3.8, 4) is 0 Å². The van der Waals surface area contributed by atoms with Crippen LogP contribution in [0.25, 0.3) is 0 Å². The molecule has 0 saturated carbocycles. The number of methoxy groups -OCH3 is 1. The predicted octanol–water partition coefficient (Wildman–Crippen LogP) is 6.64. The summed E-state index contributed by atoms with van der Waals surface area (Å²) >= 11 is 5.35. The van der Waals surface area contributed by atoms with E-state index in [-0.39, 0.29) is 13.3 Å². The van der Waals surface area contributed by atoms with E-state index in [0.29, 0.717) is 30.8 Å². The highest BCUT2D eigenvalue weighted by Gasteiger charge is 2.39. The largest absolute Gasteiger partial charge is 0.443 e. The van der Waals surface area contributed by atoms with Crippen molar-refractivity contribution in [1.82, 2.24) is 4.90 Å². The van der Waals surface area contributed by atoms with Crippen LogP contribution in [-0.4, -0.2) is 58.7 Å². The number of halogens is 3. The molecule has 1 aromatic rings. The van der Waals surface area contributed by atoms with Gasteiger partial charge in [-0.2, -0.15) is 0 Å². The molecule has 1 aromatic carbocycles. The molecule has 0 fully saturated rings. The second kappa shape index (κ2) is 13.6. The third-order valence-electron chi connectivity index (χ3n) is 5.36. The monoisotopic (exact) mass is 672 g/mol. The summed E-state index contributed by atoms with van der Waals surface area (Å²) in [6, 6.07) is 4.72. The minimum atomic E-state index is -1.01. The molecule has 7 nitrogen and oxygen atoms in total. The van der Waals surface area contributed by atoms with E-state index in [1.54, 1.807) is 40.0 Å². The van der Waals surface area contributed by atoms with Crippen LogP contribution in [0.1, 0.15) is 66.9 Å². The second-order valence-electron chi connectivity index (χ2n) is 10.1. The quantitative estimate of drug-likeness (QED) is 0.0712. The van der Waals surface area contributed by atoms with Crippen molar-refractivity contribution in [2.24, 2.45) is 10.4 Å². The Hall–Kier alpha value is -0.820. The number of aliphatic hydroxyl groups is 1. The lowest BCUT2D eigenvalue weighted by molar-refractivity contribution is -0.00501. The molecular formula is C25H39BrFIN2O5. The lowest BCUT2D eigenvalue weighted by Crippen LogP contribution is -2.49. The minimum absolute atomic E-state index is 0.140. The number of aliphatic imine (C=N–C) groups is 1. The number of amides is 1.